The van der Waals surface area contributed by atoms with Gasteiger partial charge in [-0.1, -0.05) is 296 Å². The minimum Gasteiger partial charge on any atom is -0.462 e. The molecule has 76 heavy (non-hydrogen) atoms. The minimum absolute atomic E-state index is 0.0764. The van der Waals surface area contributed by atoms with Gasteiger partial charge in [-0.3, -0.25) is 9.59 Å². The fraction of sp³-hybridized carbons (Fsp3) is 0.690. The molecule has 5 heteroatoms. The number of aliphatic hydroxyl groups excluding tert-OH is 1. The maximum Gasteiger partial charge on any atom is 0.306 e. The zero-order valence-corrected chi connectivity index (χ0v) is 49.7. The van der Waals surface area contributed by atoms with Crippen molar-refractivity contribution < 1.29 is 24.2 Å². The number of rotatable bonds is 58. The third-order valence-corrected chi connectivity index (χ3v) is 13.7. The zero-order valence-electron chi connectivity index (χ0n) is 49.7. The molecule has 0 aliphatic carbocycles. The lowest BCUT2D eigenvalue weighted by Crippen LogP contribution is -2.28. The Morgan fingerprint density at radius 2 is 0.566 bits per heavy atom. The highest BCUT2D eigenvalue weighted by molar-refractivity contribution is 5.70. The van der Waals surface area contributed by atoms with Crippen molar-refractivity contribution in [3.63, 3.8) is 0 Å². The lowest BCUT2D eigenvalue weighted by molar-refractivity contribution is -0.161. The molecule has 0 fully saturated rings. The summed E-state index contributed by atoms with van der Waals surface area (Å²) in [6.45, 7) is 4.02. The Morgan fingerprint density at radius 3 is 0.855 bits per heavy atom. The summed E-state index contributed by atoms with van der Waals surface area (Å²) in [6, 6.07) is 0. The average molecular weight is 1050 g/mol. The van der Waals surface area contributed by atoms with Gasteiger partial charge in [-0.15, -0.1) is 0 Å². The van der Waals surface area contributed by atoms with Crippen molar-refractivity contribution in [2.24, 2.45) is 0 Å². The standard InChI is InChI=1S/C71H120O5/c1-3-5-7-9-11-13-15-17-19-21-23-25-27-29-31-33-35-37-39-41-43-45-47-49-51-53-55-57-59-61-63-65-70(73)75-68-69(67-72)76-71(74)66-64-62-60-58-56-54-52-50-48-46-44-42-40-38-36-34-32-30-28-26-24-22-20-18-16-14-12-10-8-6-4-2/h6,8,12,14-15,17-18,20-21,23-24,26,30,32,36,38,42,44,48,50,69,72H,3-5,7,9-11,13,16,19,22,25,27-29,31,33-35,37,39-41,43,45-47,49,51-68H2,1-2H3/b8-6-,14-12-,17-15-,20-18-,23-21-,26-24-,32-30-,38-36-,44-42-,50-48-. The summed E-state index contributed by atoms with van der Waals surface area (Å²) in [5.74, 6) is -0.605. The molecule has 0 aliphatic heterocycles. The van der Waals surface area contributed by atoms with Crippen LogP contribution in [0.1, 0.15) is 296 Å². The van der Waals surface area contributed by atoms with Crippen LogP contribution in [-0.4, -0.2) is 36.4 Å². The van der Waals surface area contributed by atoms with E-state index in [2.05, 4.69) is 135 Å². The molecule has 5 nitrogen and oxygen atoms in total. The Morgan fingerprint density at radius 1 is 0.316 bits per heavy atom. The Bertz CT molecular complexity index is 1520. The van der Waals surface area contributed by atoms with E-state index in [0.717, 1.165) is 103 Å². The molecule has 0 saturated heterocycles. The van der Waals surface area contributed by atoms with Crippen LogP contribution < -0.4 is 0 Å². The summed E-state index contributed by atoms with van der Waals surface area (Å²) in [7, 11) is 0. The van der Waals surface area contributed by atoms with Crippen molar-refractivity contribution in [1.29, 1.82) is 0 Å². The van der Waals surface area contributed by atoms with Gasteiger partial charge in [0.15, 0.2) is 6.10 Å². The summed E-state index contributed by atoms with van der Waals surface area (Å²) in [5.41, 5.74) is 0. The molecule has 0 aromatic carbocycles. The number of aliphatic hydroxyl groups is 1. The molecule has 0 saturated carbocycles. The van der Waals surface area contributed by atoms with E-state index >= 15 is 0 Å². The molecule has 0 heterocycles. The van der Waals surface area contributed by atoms with Gasteiger partial charge in [0.25, 0.3) is 0 Å². The number of unbranched alkanes of at least 4 members (excludes halogenated alkanes) is 30. The van der Waals surface area contributed by atoms with Gasteiger partial charge in [-0.05, 0) is 109 Å². The van der Waals surface area contributed by atoms with Gasteiger partial charge in [0.05, 0.1) is 6.61 Å². The van der Waals surface area contributed by atoms with Crippen LogP contribution in [0.2, 0.25) is 0 Å². The monoisotopic (exact) mass is 1050 g/mol. The Balaban J connectivity index is 3.53. The summed E-state index contributed by atoms with van der Waals surface area (Å²) in [4.78, 5) is 24.6. The minimum atomic E-state index is -0.789. The van der Waals surface area contributed by atoms with E-state index in [0.29, 0.717) is 12.8 Å². The molecule has 434 valence electrons. The lowest BCUT2D eigenvalue weighted by atomic mass is 10.0. The van der Waals surface area contributed by atoms with Crippen molar-refractivity contribution in [3.05, 3.63) is 122 Å². The molecule has 1 unspecified atom stereocenters. The highest BCUT2D eigenvalue weighted by Gasteiger charge is 2.16. The average Bonchev–Trinajstić information content (AvgIpc) is 3.42. The molecule has 0 radical (unpaired) electrons. The summed E-state index contributed by atoms with van der Waals surface area (Å²) < 4.78 is 10.7. The van der Waals surface area contributed by atoms with Crippen molar-refractivity contribution in [2.45, 2.75) is 302 Å². The third-order valence-electron chi connectivity index (χ3n) is 13.7. The predicted octanol–water partition coefficient (Wildman–Crippen LogP) is 22.2. The number of allylic oxidation sites excluding steroid dienone is 20. The van der Waals surface area contributed by atoms with Crippen molar-refractivity contribution in [1.82, 2.24) is 0 Å². The number of carbonyl (C=O) groups excluding carboxylic acids is 2. The van der Waals surface area contributed by atoms with Crippen LogP contribution in [0.5, 0.6) is 0 Å². The van der Waals surface area contributed by atoms with E-state index in [1.165, 1.54) is 167 Å². The van der Waals surface area contributed by atoms with E-state index in [4.69, 9.17) is 9.47 Å². The molecule has 0 aliphatic rings. The first-order valence-electron chi connectivity index (χ1n) is 32.1. The Kier molecular flexibility index (Phi) is 62.4. The van der Waals surface area contributed by atoms with Gasteiger partial charge in [0, 0.05) is 12.8 Å². The van der Waals surface area contributed by atoms with Gasteiger partial charge in [0.2, 0.25) is 0 Å². The third kappa shape index (κ3) is 62.8. The Labute approximate surface area is 471 Å². The van der Waals surface area contributed by atoms with Crippen LogP contribution >= 0.6 is 0 Å². The van der Waals surface area contributed by atoms with E-state index in [1.54, 1.807) is 0 Å². The maximum atomic E-state index is 12.3. The zero-order chi connectivity index (χ0) is 54.8. The molecule has 0 spiro atoms. The highest BCUT2D eigenvalue weighted by Crippen LogP contribution is 2.16. The summed E-state index contributed by atoms with van der Waals surface area (Å²) in [6.07, 6.45) is 96.2. The molecule has 0 rings (SSSR count). The molecule has 1 atom stereocenters. The first-order valence-corrected chi connectivity index (χ1v) is 32.1. The van der Waals surface area contributed by atoms with Crippen molar-refractivity contribution in [3.8, 4) is 0 Å². The normalized spacial score (nSPS) is 13.0. The second-order valence-corrected chi connectivity index (χ2v) is 21.1. The van der Waals surface area contributed by atoms with Crippen LogP contribution in [-0.2, 0) is 19.1 Å². The smallest absolute Gasteiger partial charge is 0.306 e. The van der Waals surface area contributed by atoms with Gasteiger partial charge in [0.1, 0.15) is 6.61 Å². The number of hydrogen-bond donors (Lipinski definition) is 1. The largest absolute Gasteiger partial charge is 0.462 e. The second kappa shape index (κ2) is 65.6. The van der Waals surface area contributed by atoms with E-state index in [9.17, 15) is 14.7 Å². The topological polar surface area (TPSA) is 72.8 Å². The SMILES string of the molecule is CC/C=C\C/C=C\C/C=C\C/C=C\C/C=C\C/C=C\C/C=C\C/C=C\CCCCCCCCC(=O)OC(CO)COC(=O)CCCCCCCCCCCCCCCCCCCCC/C=C\C/C=C\CCCCCCC. The van der Waals surface area contributed by atoms with Crippen LogP contribution in [0.4, 0.5) is 0 Å². The fourth-order valence-electron chi connectivity index (χ4n) is 8.96. The molecule has 1 N–H and O–H groups in total. The van der Waals surface area contributed by atoms with Crippen LogP contribution in [0.25, 0.3) is 0 Å². The molecule has 0 aromatic rings. The van der Waals surface area contributed by atoms with Gasteiger partial charge in [-0.2, -0.15) is 0 Å². The van der Waals surface area contributed by atoms with Crippen LogP contribution in [0.3, 0.4) is 0 Å². The van der Waals surface area contributed by atoms with Crippen LogP contribution in [0.15, 0.2) is 122 Å². The molecular weight excluding hydrogens is 933 g/mol. The number of ether oxygens (including phenoxy) is 2. The second-order valence-electron chi connectivity index (χ2n) is 21.1. The van der Waals surface area contributed by atoms with Crippen molar-refractivity contribution >= 4 is 11.9 Å². The molecule has 0 amide bonds. The predicted molar refractivity (Wildman–Crippen MR) is 334 cm³/mol. The number of hydrogen-bond acceptors (Lipinski definition) is 5. The van der Waals surface area contributed by atoms with Gasteiger partial charge < -0.3 is 14.6 Å². The summed E-state index contributed by atoms with van der Waals surface area (Å²) in [5, 5.41) is 9.68. The molecule has 0 aromatic heterocycles. The quantitative estimate of drug-likeness (QED) is 0.0373. The molecule has 0 bridgehead atoms. The maximum absolute atomic E-state index is 12.3. The fourth-order valence-corrected chi connectivity index (χ4v) is 8.96. The lowest BCUT2D eigenvalue weighted by Gasteiger charge is -2.15. The van der Waals surface area contributed by atoms with Crippen molar-refractivity contribution in [2.75, 3.05) is 13.2 Å². The highest BCUT2D eigenvalue weighted by atomic mass is 16.6. The van der Waals surface area contributed by atoms with E-state index in [-0.39, 0.29) is 25.2 Å². The molecular formula is C71H120O5. The number of esters is 2. The Hall–Kier alpha value is -3.70. The van der Waals surface area contributed by atoms with E-state index in [1.807, 2.05) is 0 Å². The van der Waals surface area contributed by atoms with Gasteiger partial charge in [-0.25, -0.2) is 0 Å². The van der Waals surface area contributed by atoms with E-state index < -0.39 is 6.10 Å². The summed E-state index contributed by atoms with van der Waals surface area (Å²) >= 11 is 0. The van der Waals surface area contributed by atoms with Gasteiger partial charge >= 0.3 is 11.9 Å². The first kappa shape index (κ1) is 72.3. The number of carbonyl (C=O) groups is 2. The first-order chi connectivity index (χ1) is 37.6. The van der Waals surface area contributed by atoms with Crippen LogP contribution in [0, 0.1) is 0 Å².